The van der Waals surface area contributed by atoms with Crippen LogP contribution in [-0.4, -0.2) is 48.6 Å². The molecular weight excluding hydrogens is 409 g/mol. The summed E-state index contributed by atoms with van der Waals surface area (Å²) in [5.74, 6) is -0.292. The second-order valence-electron chi connectivity index (χ2n) is 10.8. The highest BCUT2D eigenvalue weighted by molar-refractivity contribution is 6.62. The topological polar surface area (TPSA) is 83.1 Å². The van der Waals surface area contributed by atoms with E-state index in [-0.39, 0.29) is 18.9 Å². The van der Waals surface area contributed by atoms with Gasteiger partial charge in [-0.1, -0.05) is 38.1 Å². The fraction of sp³-hybridized carbons (Fsp3) is 0.667. The lowest BCUT2D eigenvalue weighted by Crippen LogP contribution is -2.45. The summed E-state index contributed by atoms with van der Waals surface area (Å²) in [4.78, 5) is 24.9. The summed E-state index contributed by atoms with van der Waals surface area (Å²) in [7, 11) is -0.458. The Bertz CT molecular complexity index is 782. The van der Waals surface area contributed by atoms with Gasteiger partial charge in [-0.2, -0.15) is 0 Å². The number of rotatable bonds is 7. The van der Waals surface area contributed by atoms with Crippen molar-refractivity contribution in [1.82, 2.24) is 5.32 Å². The van der Waals surface area contributed by atoms with Crippen molar-refractivity contribution in [3.8, 4) is 0 Å². The van der Waals surface area contributed by atoms with Gasteiger partial charge in [-0.3, -0.25) is 0 Å². The number of alkyl carbamates (subject to hydrolysis) is 1. The van der Waals surface area contributed by atoms with Crippen LogP contribution in [0.25, 0.3) is 0 Å². The molecular formula is C24H38BNO6. The van der Waals surface area contributed by atoms with Gasteiger partial charge in [0.1, 0.15) is 11.6 Å². The SMILES string of the molecule is CC(C)COC(=O)[C@H](Cc1ccc(B2OC(C)(C)C(C)(C)O2)cc1)NC(=O)OC(C)(C)C. The molecule has 1 aromatic carbocycles. The van der Waals surface area contributed by atoms with Crippen LogP contribution in [0.15, 0.2) is 24.3 Å². The van der Waals surface area contributed by atoms with Crippen molar-refractivity contribution in [2.24, 2.45) is 5.92 Å². The van der Waals surface area contributed by atoms with Crippen LogP contribution in [0.2, 0.25) is 0 Å². The number of amides is 1. The van der Waals surface area contributed by atoms with Gasteiger partial charge in [-0.05, 0) is 65.4 Å². The van der Waals surface area contributed by atoms with Crippen molar-refractivity contribution in [2.45, 2.75) is 91.6 Å². The van der Waals surface area contributed by atoms with Crippen LogP contribution < -0.4 is 10.8 Å². The summed E-state index contributed by atoms with van der Waals surface area (Å²) in [6.07, 6.45) is -0.377. The predicted molar refractivity (Wildman–Crippen MR) is 125 cm³/mol. The molecule has 0 aliphatic carbocycles. The largest absolute Gasteiger partial charge is 0.494 e. The Morgan fingerprint density at radius 2 is 1.56 bits per heavy atom. The smallest absolute Gasteiger partial charge is 0.464 e. The van der Waals surface area contributed by atoms with Crippen molar-refractivity contribution in [1.29, 1.82) is 0 Å². The molecule has 0 saturated carbocycles. The van der Waals surface area contributed by atoms with Crippen LogP contribution in [0.1, 0.15) is 67.9 Å². The average molecular weight is 447 g/mol. The highest BCUT2D eigenvalue weighted by Gasteiger charge is 2.51. The molecule has 0 bridgehead atoms. The van der Waals surface area contributed by atoms with Gasteiger partial charge in [0.2, 0.25) is 0 Å². The quantitative estimate of drug-likeness (QED) is 0.508. The maximum absolute atomic E-state index is 12.6. The fourth-order valence-electron chi connectivity index (χ4n) is 3.02. The maximum Gasteiger partial charge on any atom is 0.494 e. The second-order valence-corrected chi connectivity index (χ2v) is 10.8. The van der Waals surface area contributed by atoms with E-state index < -0.39 is 42.0 Å². The van der Waals surface area contributed by atoms with Crippen LogP contribution in [0.5, 0.6) is 0 Å². The molecule has 32 heavy (non-hydrogen) atoms. The number of carbonyl (C=O) groups excluding carboxylic acids is 2. The van der Waals surface area contributed by atoms with E-state index in [2.05, 4.69) is 5.32 Å². The first-order valence-corrected chi connectivity index (χ1v) is 11.2. The molecule has 1 aliphatic rings. The molecule has 0 unspecified atom stereocenters. The molecule has 1 saturated heterocycles. The summed E-state index contributed by atoms with van der Waals surface area (Å²) in [5, 5.41) is 2.65. The predicted octanol–water partition coefficient (Wildman–Crippen LogP) is 3.62. The zero-order valence-corrected chi connectivity index (χ0v) is 20.9. The average Bonchev–Trinajstić information content (AvgIpc) is 2.85. The van der Waals surface area contributed by atoms with Gasteiger partial charge in [-0.15, -0.1) is 0 Å². The molecule has 1 aromatic rings. The fourth-order valence-corrected chi connectivity index (χ4v) is 3.02. The highest BCUT2D eigenvalue weighted by atomic mass is 16.7. The number of ether oxygens (including phenoxy) is 2. The van der Waals surface area contributed by atoms with Crippen molar-refractivity contribution in [3.05, 3.63) is 29.8 Å². The Labute approximate surface area is 192 Å². The first kappa shape index (κ1) is 26.2. The first-order chi connectivity index (χ1) is 14.6. The molecule has 2 rings (SSSR count). The molecule has 1 amide bonds. The molecule has 1 heterocycles. The Morgan fingerprint density at radius 1 is 1.03 bits per heavy atom. The zero-order valence-electron chi connectivity index (χ0n) is 20.9. The van der Waals surface area contributed by atoms with Crippen molar-refractivity contribution >= 4 is 24.6 Å². The van der Waals surface area contributed by atoms with Gasteiger partial charge in [0.15, 0.2) is 0 Å². The van der Waals surface area contributed by atoms with Crippen molar-refractivity contribution < 1.29 is 28.4 Å². The van der Waals surface area contributed by atoms with Crippen LogP contribution >= 0.6 is 0 Å². The minimum absolute atomic E-state index is 0.195. The number of hydrogen-bond donors (Lipinski definition) is 1. The van der Waals surface area contributed by atoms with Gasteiger partial charge < -0.3 is 24.1 Å². The summed E-state index contributed by atoms with van der Waals surface area (Å²) in [5.41, 5.74) is 0.262. The van der Waals surface area contributed by atoms with Crippen LogP contribution in [-0.2, 0) is 30.0 Å². The van der Waals surface area contributed by atoms with Crippen molar-refractivity contribution in [2.75, 3.05) is 6.61 Å². The maximum atomic E-state index is 12.6. The summed E-state index contributed by atoms with van der Waals surface area (Å²) in [6, 6.07) is 6.79. The molecule has 0 spiro atoms. The summed E-state index contributed by atoms with van der Waals surface area (Å²) in [6.45, 7) is 17.6. The monoisotopic (exact) mass is 447 g/mol. The second kappa shape index (κ2) is 9.83. The van der Waals surface area contributed by atoms with Crippen molar-refractivity contribution in [3.63, 3.8) is 0 Å². The Balaban J connectivity index is 2.11. The standard InChI is InChI=1S/C24H38BNO6/c1-16(2)15-29-20(27)19(26-21(28)30-22(3,4)5)14-17-10-12-18(13-11-17)25-31-23(6,7)24(8,9)32-25/h10-13,16,19H,14-15H2,1-9H3,(H,26,28)/t19-/m0/s1. The van der Waals surface area contributed by atoms with E-state index in [1.54, 1.807) is 20.8 Å². The third kappa shape index (κ3) is 7.24. The van der Waals surface area contributed by atoms with Crippen LogP contribution in [0.3, 0.4) is 0 Å². The van der Waals surface area contributed by atoms with E-state index in [4.69, 9.17) is 18.8 Å². The molecule has 7 nitrogen and oxygen atoms in total. The summed E-state index contributed by atoms with van der Waals surface area (Å²) >= 11 is 0. The van der Waals surface area contributed by atoms with E-state index in [0.29, 0.717) is 0 Å². The minimum Gasteiger partial charge on any atom is -0.464 e. The summed E-state index contributed by atoms with van der Waals surface area (Å²) < 4.78 is 22.9. The van der Waals surface area contributed by atoms with E-state index in [9.17, 15) is 9.59 Å². The van der Waals surface area contributed by atoms with Gasteiger partial charge in [0.25, 0.3) is 0 Å². The molecule has 8 heteroatoms. The minimum atomic E-state index is -0.855. The van der Waals surface area contributed by atoms with E-state index in [1.807, 2.05) is 65.8 Å². The third-order valence-electron chi connectivity index (χ3n) is 5.48. The molecule has 1 atom stereocenters. The van der Waals surface area contributed by atoms with Gasteiger partial charge in [0.05, 0.1) is 17.8 Å². The van der Waals surface area contributed by atoms with E-state index >= 15 is 0 Å². The van der Waals surface area contributed by atoms with E-state index in [1.165, 1.54) is 0 Å². The molecule has 178 valence electrons. The number of esters is 1. The first-order valence-electron chi connectivity index (χ1n) is 11.2. The third-order valence-corrected chi connectivity index (χ3v) is 5.48. The highest BCUT2D eigenvalue weighted by Crippen LogP contribution is 2.36. The number of hydrogen-bond acceptors (Lipinski definition) is 6. The number of nitrogens with one attached hydrogen (secondary N) is 1. The molecule has 0 aromatic heterocycles. The molecule has 1 fully saturated rings. The Morgan fingerprint density at radius 3 is 2.03 bits per heavy atom. The normalized spacial score (nSPS) is 18.4. The van der Waals surface area contributed by atoms with Gasteiger partial charge in [-0.25, -0.2) is 9.59 Å². The zero-order chi connectivity index (χ0) is 24.3. The van der Waals surface area contributed by atoms with Gasteiger partial charge >= 0.3 is 19.2 Å². The van der Waals surface area contributed by atoms with E-state index in [0.717, 1.165) is 11.0 Å². The van der Waals surface area contributed by atoms with Gasteiger partial charge in [0, 0.05) is 6.42 Å². The number of benzene rings is 1. The Kier molecular flexibility index (Phi) is 8.05. The Hall–Kier alpha value is -2.06. The lowest BCUT2D eigenvalue weighted by molar-refractivity contribution is -0.147. The molecule has 1 N–H and O–H groups in total. The molecule has 0 radical (unpaired) electrons. The van der Waals surface area contributed by atoms with Crippen LogP contribution in [0, 0.1) is 5.92 Å². The lowest BCUT2D eigenvalue weighted by atomic mass is 9.78. The van der Waals surface area contributed by atoms with Crippen LogP contribution in [0.4, 0.5) is 4.79 Å². The number of carbonyl (C=O) groups is 2. The molecule has 1 aliphatic heterocycles. The lowest BCUT2D eigenvalue weighted by Gasteiger charge is -2.32.